The molecule has 2 rings (SSSR count). The number of rotatable bonds is 4. The molecule has 0 spiro atoms. The zero-order chi connectivity index (χ0) is 14.3. The van der Waals surface area contributed by atoms with E-state index in [0.717, 1.165) is 32.1 Å². The van der Waals surface area contributed by atoms with E-state index in [2.05, 4.69) is 20.8 Å². The predicted octanol–water partition coefficient (Wildman–Crippen LogP) is 2.67. The third-order valence-corrected chi connectivity index (χ3v) is 4.98. The molecule has 0 saturated heterocycles. The second-order valence-corrected chi connectivity index (χ2v) is 7.22. The minimum absolute atomic E-state index is 0.166. The molecule has 2 aliphatic rings. The second kappa shape index (κ2) is 4.80. The molecule has 108 valence electrons. The first-order valence-electron chi connectivity index (χ1n) is 7.28. The fourth-order valence-corrected chi connectivity index (χ4v) is 3.43. The Morgan fingerprint density at radius 1 is 1.21 bits per heavy atom. The average Bonchev–Trinajstić information content (AvgIpc) is 3.13. The van der Waals surface area contributed by atoms with E-state index in [1.165, 1.54) is 0 Å². The molecule has 1 N–H and O–H groups in total. The maximum absolute atomic E-state index is 11.8. The van der Waals surface area contributed by atoms with Gasteiger partial charge in [-0.1, -0.05) is 20.8 Å². The van der Waals surface area contributed by atoms with Crippen LogP contribution in [0, 0.1) is 11.3 Å². The van der Waals surface area contributed by atoms with Crippen LogP contribution in [-0.4, -0.2) is 34.0 Å². The maximum atomic E-state index is 11.8. The summed E-state index contributed by atoms with van der Waals surface area (Å²) in [5.74, 6) is -0.272. The van der Waals surface area contributed by atoms with E-state index in [4.69, 9.17) is 0 Å². The van der Waals surface area contributed by atoms with Crippen LogP contribution in [0.3, 0.4) is 0 Å². The van der Waals surface area contributed by atoms with Gasteiger partial charge in [0.1, 0.15) is 5.54 Å². The molecule has 1 amide bonds. The summed E-state index contributed by atoms with van der Waals surface area (Å²) in [5.41, 5.74) is -0.721. The Balaban J connectivity index is 2.15. The minimum Gasteiger partial charge on any atom is -0.479 e. The van der Waals surface area contributed by atoms with Crippen molar-refractivity contribution in [2.24, 2.45) is 11.3 Å². The van der Waals surface area contributed by atoms with Gasteiger partial charge in [-0.05, 0) is 49.9 Å². The number of amides is 1. The van der Waals surface area contributed by atoms with Crippen LogP contribution in [0.25, 0.3) is 0 Å². The minimum atomic E-state index is -0.940. The van der Waals surface area contributed by atoms with Crippen LogP contribution in [0.1, 0.15) is 59.3 Å². The van der Waals surface area contributed by atoms with E-state index >= 15 is 0 Å². The van der Waals surface area contributed by atoms with Crippen molar-refractivity contribution in [1.29, 1.82) is 0 Å². The number of carbonyl (C=O) groups is 2. The molecule has 2 saturated carbocycles. The molecule has 0 heterocycles. The van der Waals surface area contributed by atoms with E-state index < -0.39 is 11.5 Å². The van der Waals surface area contributed by atoms with Gasteiger partial charge in [0.05, 0.1) is 0 Å². The van der Waals surface area contributed by atoms with E-state index in [1.807, 2.05) is 0 Å². The third kappa shape index (κ3) is 2.63. The lowest BCUT2D eigenvalue weighted by atomic mass is 9.67. The first kappa shape index (κ1) is 14.4. The molecule has 0 radical (unpaired) electrons. The fraction of sp³-hybridized carbons (Fsp3) is 0.867. The van der Waals surface area contributed by atoms with Gasteiger partial charge in [0.2, 0.25) is 6.41 Å². The molecule has 0 bridgehead atoms. The Hall–Kier alpha value is -1.06. The summed E-state index contributed by atoms with van der Waals surface area (Å²) in [4.78, 5) is 24.7. The van der Waals surface area contributed by atoms with E-state index in [1.54, 1.807) is 4.90 Å². The molecule has 0 atom stereocenters. The van der Waals surface area contributed by atoms with Crippen molar-refractivity contribution in [3.05, 3.63) is 0 Å². The van der Waals surface area contributed by atoms with Crippen LogP contribution in [0.5, 0.6) is 0 Å². The molecule has 0 aliphatic heterocycles. The van der Waals surface area contributed by atoms with Crippen molar-refractivity contribution in [3.63, 3.8) is 0 Å². The van der Waals surface area contributed by atoms with Gasteiger partial charge >= 0.3 is 5.97 Å². The SMILES string of the molecule is CC(C)(C)C1CCC(C(=O)O)(N(C=O)C2CC2)CC1. The first-order valence-corrected chi connectivity index (χ1v) is 7.28. The molecule has 0 unspecified atom stereocenters. The molecule has 4 heteroatoms. The number of aliphatic carboxylic acids is 1. The summed E-state index contributed by atoms with van der Waals surface area (Å²) in [7, 11) is 0. The van der Waals surface area contributed by atoms with Crippen LogP contribution < -0.4 is 0 Å². The van der Waals surface area contributed by atoms with E-state index in [-0.39, 0.29) is 11.5 Å². The van der Waals surface area contributed by atoms with Gasteiger partial charge in [-0.15, -0.1) is 0 Å². The summed E-state index contributed by atoms with van der Waals surface area (Å²) in [5, 5.41) is 9.66. The van der Waals surface area contributed by atoms with E-state index in [0.29, 0.717) is 18.8 Å². The molecule has 0 aromatic rings. The number of carboxylic acids is 1. The van der Waals surface area contributed by atoms with Crippen LogP contribution in [0.15, 0.2) is 0 Å². The zero-order valence-corrected chi connectivity index (χ0v) is 12.2. The largest absolute Gasteiger partial charge is 0.479 e. The Morgan fingerprint density at radius 2 is 1.74 bits per heavy atom. The Morgan fingerprint density at radius 3 is 2.05 bits per heavy atom. The van der Waals surface area contributed by atoms with Crippen molar-refractivity contribution in [3.8, 4) is 0 Å². The number of carbonyl (C=O) groups excluding carboxylic acids is 1. The topological polar surface area (TPSA) is 57.6 Å². The van der Waals surface area contributed by atoms with Gasteiger partial charge in [0.15, 0.2) is 0 Å². The smallest absolute Gasteiger partial charge is 0.329 e. The van der Waals surface area contributed by atoms with Crippen molar-refractivity contribution < 1.29 is 14.7 Å². The summed E-state index contributed by atoms with van der Waals surface area (Å²) in [6, 6.07) is 0.166. The Labute approximate surface area is 115 Å². The van der Waals surface area contributed by atoms with Gasteiger partial charge in [0.25, 0.3) is 0 Å². The number of hydrogen-bond donors (Lipinski definition) is 1. The van der Waals surface area contributed by atoms with Crippen LogP contribution in [0.4, 0.5) is 0 Å². The molecule has 2 aliphatic carbocycles. The second-order valence-electron chi connectivity index (χ2n) is 7.22. The van der Waals surface area contributed by atoms with Crippen molar-refractivity contribution in [2.75, 3.05) is 0 Å². The summed E-state index contributed by atoms with van der Waals surface area (Å²) < 4.78 is 0. The summed E-state index contributed by atoms with van der Waals surface area (Å²) >= 11 is 0. The first-order chi connectivity index (χ1) is 8.81. The number of nitrogens with zero attached hydrogens (tertiary/aromatic N) is 1. The highest BCUT2D eigenvalue weighted by molar-refractivity contribution is 5.82. The predicted molar refractivity (Wildman–Crippen MR) is 72.7 cm³/mol. The Kier molecular flexibility index (Phi) is 3.63. The lowest BCUT2D eigenvalue weighted by Gasteiger charge is -2.46. The monoisotopic (exact) mass is 267 g/mol. The summed E-state index contributed by atoms with van der Waals surface area (Å²) in [6.07, 6.45) is 5.66. The molecule has 19 heavy (non-hydrogen) atoms. The molecular weight excluding hydrogens is 242 g/mol. The van der Waals surface area contributed by atoms with Gasteiger partial charge in [-0.2, -0.15) is 0 Å². The highest BCUT2D eigenvalue weighted by Gasteiger charge is 2.51. The zero-order valence-electron chi connectivity index (χ0n) is 12.2. The van der Waals surface area contributed by atoms with Crippen molar-refractivity contribution >= 4 is 12.4 Å². The number of carboxylic acid groups (broad SMARTS) is 1. The normalized spacial score (nSPS) is 31.8. The molecule has 2 fully saturated rings. The lowest BCUT2D eigenvalue weighted by molar-refractivity contribution is -0.160. The van der Waals surface area contributed by atoms with Crippen LogP contribution in [-0.2, 0) is 9.59 Å². The molecule has 0 aromatic carbocycles. The van der Waals surface area contributed by atoms with Crippen molar-refractivity contribution in [1.82, 2.24) is 4.90 Å². The molecular formula is C15H25NO3. The average molecular weight is 267 g/mol. The van der Waals surface area contributed by atoms with E-state index in [9.17, 15) is 14.7 Å². The summed E-state index contributed by atoms with van der Waals surface area (Å²) in [6.45, 7) is 6.64. The van der Waals surface area contributed by atoms with Gasteiger partial charge in [0, 0.05) is 6.04 Å². The third-order valence-electron chi connectivity index (χ3n) is 4.98. The molecule has 4 nitrogen and oxygen atoms in total. The van der Waals surface area contributed by atoms with Crippen molar-refractivity contribution in [2.45, 2.75) is 70.9 Å². The standard InChI is InChI=1S/C15H25NO3/c1-14(2,3)11-6-8-15(9-7-11,13(18)19)16(10-17)12-4-5-12/h10-12H,4-9H2,1-3H3,(H,18,19). The lowest BCUT2D eigenvalue weighted by Crippen LogP contribution is -2.57. The maximum Gasteiger partial charge on any atom is 0.329 e. The van der Waals surface area contributed by atoms with Crippen LogP contribution in [0.2, 0.25) is 0 Å². The quantitative estimate of drug-likeness (QED) is 0.797. The van der Waals surface area contributed by atoms with Gasteiger partial charge < -0.3 is 10.0 Å². The molecule has 0 aromatic heterocycles. The van der Waals surface area contributed by atoms with Gasteiger partial charge in [-0.3, -0.25) is 4.79 Å². The fourth-order valence-electron chi connectivity index (χ4n) is 3.43. The highest BCUT2D eigenvalue weighted by Crippen LogP contribution is 2.46. The number of hydrogen-bond acceptors (Lipinski definition) is 2. The highest BCUT2D eigenvalue weighted by atomic mass is 16.4. The van der Waals surface area contributed by atoms with Crippen LogP contribution >= 0.6 is 0 Å². The Bertz CT molecular complexity index is 360. The van der Waals surface area contributed by atoms with Gasteiger partial charge in [-0.25, -0.2) is 4.79 Å².